The largest absolute Gasteiger partial charge is 0.461 e. The number of carbonyl (C=O) groups excluding carboxylic acids is 1. The van der Waals surface area contributed by atoms with Gasteiger partial charge in [0.1, 0.15) is 38.2 Å². The summed E-state index contributed by atoms with van der Waals surface area (Å²) < 4.78 is 5.80. The van der Waals surface area contributed by atoms with Gasteiger partial charge >= 0.3 is 5.97 Å². The van der Waals surface area contributed by atoms with Gasteiger partial charge in [-0.25, -0.2) is 0 Å². The molecule has 26 heavy (non-hydrogen) atoms. The number of allylic oxidation sites excluding steroid dienone is 1. The van der Waals surface area contributed by atoms with Crippen molar-refractivity contribution in [2.45, 2.75) is 52.2 Å². The number of esters is 1. The van der Waals surface area contributed by atoms with E-state index >= 15 is 0 Å². The SMILES string of the molecule is CC[NH+]1CC[NH+](C[C@H]2C(=O)O[C@@H]3CC4=CCC[C@H](C)[C@@]4(C)[C@@H](O)[C@@H]32)CC1. The highest BCUT2D eigenvalue weighted by molar-refractivity contribution is 5.76. The topological polar surface area (TPSA) is 55.4 Å². The summed E-state index contributed by atoms with van der Waals surface area (Å²) in [4.78, 5) is 15.9. The third kappa shape index (κ3) is 2.83. The molecule has 4 aliphatic rings. The molecule has 2 heterocycles. The number of fused-ring (bicyclic) bond motifs is 2. The second-order valence-electron chi connectivity index (χ2n) is 9.36. The van der Waals surface area contributed by atoms with Crippen LogP contribution in [-0.4, -0.2) is 62.6 Å². The zero-order valence-electron chi connectivity index (χ0n) is 16.6. The van der Waals surface area contributed by atoms with Crippen molar-refractivity contribution in [3.05, 3.63) is 11.6 Å². The Kier molecular flexibility index (Phi) is 4.91. The lowest BCUT2D eigenvalue weighted by molar-refractivity contribution is -1.01. The van der Waals surface area contributed by atoms with Crippen molar-refractivity contribution in [2.75, 3.05) is 39.3 Å². The van der Waals surface area contributed by atoms with Crippen LogP contribution in [0.15, 0.2) is 11.6 Å². The predicted molar refractivity (Wildman–Crippen MR) is 98.9 cm³/mol. The maximum Gasteiger partial charge on any atom is 0.315 e. The van der Waals surface area contributed by atoms with E-state index in [1.54, 1.807) is 4.90 Å². The molecule has 5 heteroatoms. The Morgan fingerprint density at radius 2 is 1.96 bits per heavy atom. The van der Waals surface area contributed by atoms with Crippen molar-refractivity contribution in [3.63, 3.8) is 0 Å². The number of hydrogen-bond acceptors (Lipinski definition) is 3. The number of piperazine rings is 1. The number of hydrogen-bond donors (Lipinski definition) is 3. The molecule has 3 fully saturated rings. The first-order valence-corrected chi connectivity index (χ1v) is 10.7. The third-order valence-corrected chi connectivity index (χ3v) is 8.24. The van der Waals surface area contributed by atoms with E-state index in [9.17, 15) is 9.90 Å². The molecular weight excluding hydrogens is 328 g/mol. The predicted octanol–water partition coefficient (Wildman–Crippen LogP) is -0.925. The fourth-order valence-electron chi connectivity index (χ4n) is 6.12. The minimum absolute atomic E-state index is 0.0331. The lowest BCUT2D eigenvalue weighted by Gasteiger charge is -2.51. The third-order valence-electron chi connectivity index (χ3n) is 8.24. The minimum Gasteiger partial charge on any atom is -0.461 e. The second-order valence-corrected chi connectivity index (χ2v) is 9.36. The van der Waals surface area contributed by atoms with E-state index < -0.39 is 6.10 Å². The van der Waals surface area contributed by atoms with E-state index in [-0.39, 0.29) is 29.3 Å². The van der Waals surface area contributed by atoms with Gasteiger partial charge in [0.05, 0.1) is 19.2 Å². The van der Waals surface area contributed by atoms with Crippen LogP contribution < -0.4 is 9.80 Å². The molecule has 2 saturated heterocycles. The number of aliphatic hydroxyl groups excluding tert-OH is 1. The Labute approximate surface area is 157 Å². The summed E-state index contributed by atoms with van der Waals surface area (Å²) in [6, 6.07) is 0. The van der Waals surface area contributed by atoms with Gasteiger partial charge in [0.25, 0.3) is 0 Å². The van der Waals surface area contributed by atoms with E-state index in [1.165, 1.54) is 30.1 Å². The second kappa shape index (κ2) is 6.92. The molecule has 3 N–H and O–H groups in total. The quantitative estimate of drug-likeness (QED) is 0.448. The maximum absolute atomic E-state index is 12.7. The van der Waals surface area contributed by atoms with E-state index in [2.05, 4.69) is 26.8 Å². The molecule has 0 bridgehead atoms. The van der Waals surface area contributed by atoms with E-state index in [4.69, 9.17) is 4.74 Å². The normalized spacial score (nSPS) is 48.4. The van der Waals surface area contributed by atoms with E-state index in [0.717, 1.165) is 38.9 Å². The van der Waals surface area contributed by atoms with Crippen LogP contribution in [0.3, 0.4) is 0 Å². The lowest BCUT2D eigenvalue weighted by Crippen LogP contribution is -3.28. The fraction of sp³-hybridized carbons (Fsp3) is 0.857. The van der Waals surface area contributed by atoms with Crippen molar-refractivity contribution in [1.82, 2.24) is 0 Å². The van der Waals surface area contributed by atoms with Crippen molar-refractivity contribution in [3.8, 4) is 0 Å². The Hall–Kier alpha value is -0.910. The summed E-state index contributed by atoms with van der Waals surface area (Å²) in [6.07, 6.45) is 4.75. The van der Waals surface area contributed by atoms with Crippen LogP contribution in [-0.2, 0) is 9.53 Å². The number of carbonyl (C=O) groups is 1. The summed E-state index contributed by atoms with van der Waals surface area (Å²) in [5.74, 6) is 0.223. The van der Waals surface area contributed by atoms with Crippen LogP contribution in [0.2, 0.25) is 0 Å². The monoisotopic (exact) mass is 364 g/mol. The fourth-order valence-corrected chi connectivity index (χ4v) is 6.12. The maximum atomic E-state index is 12.7. The highest BCUT2D eigenvalue weighted by atomic mass is 16.6. The van der Waals surface area contributed by atoms with Crippen LogP contribution in [0.4, 0.5) is 0 Å². The van der Waals surface area contributed by atoms with Crippen molar-refractivity contribution < 1.29 is 24.4 Å². The number of nitrogens with one attached hydrogen (secondary N) is 2. The molecule has 146 valence electrons. The molecular formula is C21H36N2O3+2. The molecule has 0 radical (unpaired) electrons. The zero-order valence-corrected chi connectivity index (χ0v) is 16.6. The number of likely N-dealkylation sites (N-methyl/N-ethyl adjacent to an activating group) is 1. The average molecular weight is 365 g/mol. The van der Waals surface area contributed by atoms with Crippen molar-refractivity contribution >= 4 is 5.97 Å². The summed E-state index contributed by atoms with van der Waals surface area (Å²) in [6.45, 7) is 13.4. The van der Waals surface area contributed by atoms with Crippen LogP contribution in [0.1, 0.15) is 40.0 Å². The molecule has 0 aromatic rings. The zero-order chi connectivity index (χ0) is 18.5. The van der Waals surface area contributed by atoms with Crippen LogP contribution in [0.25, 0.3) is 0 Å². The first-order chi connectivity index (χ1) is 12.4. The molecule has 5 nitrogen and oxygen atoms in total. The Morgan fingerprint density at radius 1 is 1.27 bits per heavy atom. The Bertz CT molecular complexity index is 584. The van der Waals surface area contributed by atoms with Gasteiger partial charge in [0.2, 0.25) is 0 Å². The molecule has 0 unspecified atom stereocenters. The van der Waals surface area contributed by atoms with Gasteiger partial charge in [0.15, 0.2) is 0 Å². The number of rotatable bonds is 3. The molecule has 0 spiro atoms. The summed E-state index contributed by atoms with van der Waals surface area (Å²) in [5.41, 5.74) is 1.14. The van der Waals surface area contributed by atoms with Gasteiger partial charge in [-0.15, -0.1) is 0 Å². The van der Waals surface area contributed by atoms with Crippen molar-refractivity contribution in [2.24, 2.45) is 23.2 Å². The van der Waals surface area contributed by atoms with Crippen LogP contribution in [0.5, 0.6) is 0 Å². The van der Waals surface area contributed by atoms with Gasteiger partial charge < -0.3 is 19.6 Å². The van der Waals surface area contributed by atoms with Gasteiger partial charge in [-0.05, 0) is 25.7 Å². The molecule has 4 rings (SSSR count). The summed E-state index contributed by atoms with van der Waals surface area (Å²) in [5, 5.41) is 11.4. The van der Waals surface area contributed by atoms with Gasteiger partial charge in [-0.1, -0.05) is 25.5 Å². The Morgan fingerprint density at radius 3 is 2.65 bits per heavy atom. The van der Waals surface area contributed by atoms with Crippen LogP contribution in [0, 0.1) is 23.2 Å². The molecule has 2 aliphatic heterocycles. The molecule has 6 atom stereocenters. The van der Waals surface area contributed by atoms with Crippen molar-refractivity contribution in [1.29, 1.82) is 0 Å². The standard InChI is InChI=1S/C21H34N2O3/c1-4-22-8-10-23(11-9-22)13-16-18-17(26-20(16)25)12-15-7-5-6-14(2)21(15,3)19(18)24/h7,14,16-19,24H,4-6,8-13H2,1-3H3/p+2/t14-,16+,17+,18+,19-,21+/m0/s1. The van der Waals surface area contributed by atoms with Gasteiger partial charge in [0, 0.05) is 17.8 Å². The summed E-state index contributed by atoms with van der Waals surface area (Å²) >= 11 is 0. The number of ether oxygens (including phenoxy) is 1. The molecule has 1 saturated carbocycles. The first-order valence-electron chi connectivity index (χ1n) is 10.7. The average Bonchev–Trinajstić information content (AvgIpc) is 2.94. The molecule has 0 amide bonds. The first kappa shape index (κ1) is 18.5. The highest BCUT2D eigenvalue weighted by Crippen LogP contribution is 2.55. The van der Waals surface area contributed by atoms with Gasteiger partial charge in [-0.3, -0.25) is 4.79 Å². The number of quaternary nitrogens is 2. The van der Waals surface area contributed by atoms with Crippen LogP contribution >= 0.6 is 0 Å². The van der Waals surface area contributed by atoms with Gasteiger partial charge in [-0.2, -0.15) is 0 Å². The number of aliphatic hydroxyl groups is 1. The molecule has 0 aromatic heterocycles. The molecule has 2 aliphatic carbocycles. The summed E-state index contributed by atoms with van der Waals surface area (Å²) in [7, 11) is 0. The Balaban J connectivity index is 1.52. The van der Waals surface area contributed by atoms with E-state index in [1.807, 2.05) is 0 Å². The smallest absolute Gasteiger partial charge is 0.315 e. The minimum atomic E-state index is -0.471. The lowest BCUT2D eigenvalue weighted by atomic mass is 9.55. The molecule has 0 aromatic carbocycles. The van der Waals surface area contributed by atoms with E-state index in [0.29, 0.717) is 5.92 Å². The highest BCUT2D eigenvalue weighted by Gasteiger charge is 2.60.